The number of carbonyl (C=O) groups excluding carboxylic acids is 3. The van der Waals surface area contributed by atoms with Crippen LogP contribution >= 0.6 is 0 Å². The average molecular weight is 631 g/mol. The van der Waals surface area contributed by atoms with E-state index in [1.165, 1.54) is 15.9 Å². The minimum absolute atomic E-state index is 0.115. The second kappa shape index (κ2) is 13.3. The lowest BCUT2D eigenvalue weighted by Gasteiger charge is -2.23. The van der Waals surface area contributed by atoms with E-state index in [0.29, 0.717) is 11.3 Å². The van der Waals surface area contributed by atoms with Crippen molar-refractivity contribution in [3.05, 3.63) is 151 Å². The van der Waals surface area contributed by atoms with Crippen LogP contribution in [0.3, 0.4) is 0 Å². The van der Waals surface area contributed by atoms with Crippen molar-refractivity contribution in [3.8, 4) is 11.1 Å². The first kappa shape index (κ1) is 31.2. The lowest BCUT2D eigenvalue weighted by molar-refractivity contribution is -0.123. The second-order valence-corrected chi connectivity index (χ2v) is 11.3. The van der Waals surface area contributed by atoms with Gasteiger partial charge in [0.25, 0.3) is 23.6 Å². The normalized spacial score (nSPS) is 16.3. The van der Waals surface area contributed by atoms with Crippen LogP contribution in [0.15, 0.2) is 134 Å². The van der Waals surface area contributed by atoms with Gasteiger partial charge in [-0.1, -0.05) is 66.7 Å². The van der Waals surface area contributed by atoms with Gasteiger partial charge in [0, 0.05) is 79.2 Å². The number of nitrogens with zero attached hydrogens (tertiary/aromatic N) is 3. The third-order valence-corrected chi connectivity index (χ3v) is 8.10. The zero-order valence-electron chi connectivity index (χ0n) is 25.6. The van der Waals surface area contributed by atoms with Crippen molar-refractivity contribution in [2.75, 3.05) is 30.4 Å². The maximum Gasteiger partial charge on any atom is 0.275 e. The number of amides is 3. The Morgan fingerprint density at radius 2 is 1.47 bits per heavy atom. The Morgan fingerprint density at radius 3 is 2.23 bits per heavy atom. The summed E-state index contributed by atoms with van der Waals surface area (Å²) in [6, 6.07) is 29.6. The topological polar surface area (TPSA) is 73.0 Å². The van der Waals surface area contributed by atoms with Crippen LogP contribution < -0.4 is 10.2 Å². The van der Waals surface area contributed by atoms with Crippen molar-refractivity contribution < 1.29 is 23.2 Å². The van der Waals surface area contributed by atoms with Gasteiger partial charge in [0.1, 0.15) is 0 Å². The van der Waals surface area contributed by atoms with Crippen molar-refractivity contribution in [1.82, 2.24) is 9.80 Å². The lowest BCUT2D eigenvalue weighted by Crippen LogP contribution is -2.33. The van der Waals surface area contributed by atoms with Crippen LogP contribution in [0.25, 0.3) is 16.7 Å². The molecule has 2 aliphatic rings. The van der Waals surface area contributed by atoms with Crippen molar-refractivity contribution >= 4 is 34.7 Å². The van der Waals surface area contributed by atoms with Crippen LogP contribution in [0.2, 0.25) is 0 Å². The molecule has 2 heterocycles. The molecule has 9 heteroatoms. The first-order valence-corrected chi connectivity index (χ1v) is 15.2. The quantitative estimate of drug-likeness (QED) is 0.233. The first-order chi connectivity index (χ1) is 22.7. The van der Waals surface area contributed by atoms with E-state index < -0.39 is 29.7 Å². The number of carbonyl (C=O) groups is 3. The van der Waals surface area contributed by atoms with E-state index in [-0.39, 0.29) is 35.8 Å². The Bertz CT molecular complexity index is 1900. The fraction of sp³-hybridized carbons (Fsp3) is 0.132. The highest BCUT2D eigenvalue weighted by atomic mass is 19.3. The lowest BCUT2D eigenvalue weighted by atomic mass is 9.96. The number of fused-ring (bicyclic) bond motifs is 1. The largest absolute Gasteiger partial charge is 0.356 e. The molecule has 1 N–H and O–H groups in total. The van der Waals surface area contributed by atoms with Gasteiger partial charge in [0.2, 0.25) is 0 Å². The molecule has 47 heavy (non-hydrogen) atoms. The molecule has 0 bridgehead atoms. The van der Waals surface area contributed by atoms with E-state index in [0.717, 1.165) is 17.2 Å². The predicted molar refractivity (Wildman–Crippen MR) is 180 cm³/mol. The van der Waals surface area contributed by atoms with E-state index >= 15 is 8.78 Å². The Labute approximate surface area is 271 Å². The monoisotopic (exact) mass is 630 g/mol. The number of alkyl halides is 2. The zero-order valence-corrected chi connectivity index (χ0v) is 25.6. The van der Waals surface area contributed by atoms with E-state index in [1.807, 2.05) is 42.5 Å². The number of allylic oxidation sites excluding steroid dienone is 1. The molecule has 0 atom stereocenters. The Balaban J connectivity index is 1.24. The van der Waals surface area contributed by atoms with Crippen LogP contribution in [0, 0.1) is 0 Å². The number of para-hydroxylation sites is 1. The minimum Gasteiger partial charge on any atom is -0.356 e. The predicted octanol–water partition coefficient (Wildman–Crippen LogP) is 7.43. The Hall–Kier alpha value is -5.83. The zero-order chi connectivity index (χ0) is 33.0. The van der Waals surface area contributed by atoms with Crippen molar-refractivity contribution in [2.24, 2.45) is 0 Å². The highest BCUT2D eigenvalue weighted by Gasteiger charge is 2.41. The molecule has 0 fully saturated rings. The molecule has 0 radical (unpaired) electrons. The van der Waals surface area contributed by atoms with Crippen LogP contribution in [0.4, 0.5) is 20.2 Å². The summed E-state index contributed by atoms with van der Waals surface area (Å²) in [5, 5.41) is 2.89. The van der Waals surface area contributed by atoms with Gasteiger partial charge in [-0.05, 0) is 53.6 Å². The number of halogens is 2. The number of benzene rings is 4. The number of rotatable bonds is 5. The van der Waals surface area contributed by atoms with E-state index in [2.05, 4.69) is 5.32 Å². The smallest absolute Gasteiger partial charge is 0.275 e. The van der Waals surface area contributed by atoms with Crippen LogP contribution in [0.1, 0.15) is 32.7 Å². The van der Waals surface area contributed by atoms with E-state index in [9.17, 15) is 14.4 Å². The van der Waals surface area contributed by atoms with E-state index in [1.54, 1.807) is 91.2 Å². The molecule has 4 aromatic rings. The average Bonchev–Trinajstić information content (AvgIpc) is 3.37. The molecule has 0 unspecified atom stereocenters. The maximum atomic E-state index is 15.7. The molecule has 0 aliphatic carbocycles. The molecule has 7 nitrogen and oxygen atoms in total. The fourth-order valence-corrected chi connectivity index (χ4v) is 5.63. The van der Waals surface area contributed by atoms with Crippen molar-refractivity contribution in [3.63, 3.8) is 0 Å². The van der Waals surface area contributed by atoms with Gasteiger partial charge < -0.3 is 20.0 Å². The van der Waals surface area contributed by atoms with Gasteiger partial charge >= 0.3 is 0 Å². The molecular weight excluding hydrogens is 598 g/mol. The molecule has 0 saturated heterocycles. The summed E-state index contributed by atoms with van der Waals surface area (Å²) in [6.45, 7) is -0.0302. The number of hydrogen-bond donors (Lipinski definition) is 1. The molecule has 6 rings (SSSR count). The standard InChI is InChI=1S/C38H32F2N4O3/c1-42-21-9-22-43(25-24-42)35(45)26-33-32-14-7-8-15-34(32)44(23-20-38(33,39)40)37(47)28-16-18-29(19-17-28)41-36(46)31-13-6-5-12-30(31)27-10-3-2-4-11-27/h2-19,21,24-26H,20,22-23H2,1H3,(H,41,46)/b33-26-. The summed E-state index contributed by atoms with van der Waals surface area (Å²) < 4.78 is 31.4. The summed E-state index contributed by atoms with van der Waals surface area (Å²) >= 11 is 0. The number of nitrogens with one attached hydrogen (secondary N) is 1. The maximum absolute atomic E-state index is 15.7. The van der Waals surface area contributed by atoms with Crippen molar-refractivity contribution in [1.29, 1.82) is 0 Å². The number of anilines is 2. The molecule has 2 aliphatic heterocycles. The van der Waals surface area contributed by atoms with Gasteiger partial charge in [0.05, 0.1) is 5.69 Å². The van der Waals surface area contributed by atoms with Crippen LogP contribution in [-0.4, -0.2) is 53.6 Å². The summed E-state index contributed by atoms with van der Waals surface area (Å²) in [5.74, 6) is -4.74. The van der Waals surface area contributed by atoms with E-state index in [4.69, 9.17) is 0 Å². The van der Waals surface area contributed by atoms with Crippen molar-refractivity contribution in [2.45, 2.75) is 12.3 Å². The fourth-order valence-electron chi connectivity index (χ4n) is 5.63. The molecule has 0 saturated carbocycles. The summed E-state index contributed by atoms with van der Waals surface area (Å²) in [5.41, 5.74) is 2.91. The summed E-state index contributed by atoms with van der Waals surface area (Å²) in [7, 11) is 1.80. The van der Waals surface area contributed by atoms with Gasteiger partial charge in [-0.2, -0.15) is 0 Å². The molecule has 236 valence electrons. The molecular formula is C38H32F2N4O3. The third kappa shape index (κ3) is 6.74. The molecule has 0 spiro atoms. The molecule has 3 amide bonds. The first-order valence-electron chi connectivity index (χ1n) is 15.2. The SMILES string of the molecule is CN1C=CCN(C(=O)/C=C2/c3ccccc3N(C(=O)c3ccc(NC(=O)c4ccccc4-c4ccccc4)cc3)CCC2(F)F)C=C1. The summed E-state index contributed by atoms with van der Waals surface area (Å²) in [4.78, 5) is 44.6. The third-order valence-electron chi connectivity index (χ3n) is 8.10. The number of hydrogen-bond acceptors (Lipinski definition) is 4. The highest BCUT2D eigenvalue weighted by Crippen LogP contribution is 2.43. The van der Waals surface area contributed by atoms with Gasteiger partial charge in [0.15, 0.2) is 0 Å². The minimum atomic E-state index is -3.37. The highest BCUT2D eigenvalue weighted by molar-refractivity contribution is 6.11. The van der Waals surface area contributed by atoms with Gasteiger partial charge in [-0.25, -0.2) is 8.78 Å². The second-order valence-electron chi connectivity index (χ2n) is 11.3. The van der Waals surface area contributed by atoms with Gasteiger partial charge in [-0.15, -0.1) is 0 Å². The molecule has 4 aromatic carbocycles. The Morgan fingerprint density at radius 1 is 0.787 bits per heavy atom. The van der Waals surface area contributed by atoms with Crippen LogP contribution in [-0.2, 0) is 4.79 Å². The molecule has 0 aromatic heterocycles. The van der Waals surface area contributed by atoms with Gasteiger partial charge in [-0.3, -0.25) is 14.4 Å². The van der Waals surface area contributed by atoms with Crippen LogP contribution in [0.5, 0.6) is 0 Å². The Kier molecular flexibility index (Phi) is 8.79. The summed E-state index contributed by atoms with van der Waals surface area (Å²) in [6.07, 6.45) is 7.06.